The van der Waals surface area contributed by atoms with Crippen molar-refractivity contribution >= 4 is 12.1 Å². The van der Waals surface area contributed by atoms with Gasteiger partial charge in [0.15, 0.2) is 0 Å². The van der Waals surface area contributed by atoms with Gasteiger partial charge in [0, 0.05) is 6.54 Å². The lowest BCUT2D eigenvalue weighted by Crippen LogP contribution is -2.38. The average molecular weight is 293 g/mol. The first kappa shape index (κ1) is 17.0. The van der Waals surface area contributed by atoms with Crippen LogP contribution in [0.1, 0.15) is 26.3 Å². The normalized spacial score (nSPS) is 12.4. The Morgan fingerprint density at radius 2 is 1.81 bits per heavy atom. The third kappa shape index (κ3) is 6.79. The number of nitrogens with one attached hydrogen (secondary N) is 1. The highest BCUT2D eigenvalue weighted by Gasteiger charge is 2.22. The van der Waals surface area contributed by atoms with Gasteiger partial charge < -0.3 is 14.8 Å². The quantitative estimate of drug-likeness (QED) is 0.847. The van der Waals surface area contributed by atoms with Gasteiger partial charge in [-0.3, -0.25) is 4.79 Å². The number of rotatable bonds is 5. The molecule has 1 N–H and O–H groups in total. The molecule has 0 radical (unpaired) electrons. The van der Waals surface area contributed by atoms with E-state index in [4.69, 9.17) is 9.47 Å². The molecule has 0 spiro atoms. The summed E-state index contributed by atoms with van der Waals surface area (Å²) in [6, 6.07) is 9.60. The lowest BCUT2D eigenvalue weighted by Gasteiger charge is -2.21. The van der Waals surface area contributed by atoms with Crippen LogP contribution >= 0.6 is 0 Å². The monoisotopic (exact) mass is 293 g/mol. The number of carbonyl (C=O) groups is 2. The van der Waals surface area contributed by atoms with Crippen LogP contribution in [0, 0.1) is 5.92 Å². The fourth-order valence-corrected chi connectivity index (χ4v) is 1.82. The summed E-state index contributed by atoms with van der Waals surface area (Å²) in [5.41, 5.74) is 0.448. The van der Waals surface area contributed by atoms with E-state index in [0.29, 0.717) is 6.42 Å². The average Bonchev–Trinajstić information content (AvgIpc) is 2.41. The molecule has 1 rings (SSSR count). The van der Waals surface area contributed by atoms with Gasteiger partial charge in [-0.25, -0.2) is 4.79 Å². The van der Waals surface area contributed by atoms with E-state index in [-0.39, 0.29) is 12.5 Å². The van der Waals surface area contributed by atoms with Crippen LogP contribution in [0.25, 0.3) is 0 Å². The highest BCUT2D eigenvalue weighted by molar-refractivity contribution is 5.74. The first-order valence-corrected chi connectivity index (χ1v) is 6.90. The third-order valence-corrected chi connectivity index (χ3v) is 2.75. The summed E-state index contributed by atoms with van der Waals surface area (Å²) in [6.45, 7) is 5.54. The lowest BCUT2D eigenvalue weighted by atomic mass is 9.99. The maximum absolute atomic E-state index is 11.8. The molecule has 1 aromatic rings. The van der Waals surface area contributed by atoms with Crippen molar-refractivity contribution < 1.29 is 19.1 Å². The predicted molar refractivity (Wildman–Crippen MR) is 79.9 cm³/mol. The Labute approximate surface area is 125 Å². The van der Waals surface area contributed by atoms with Gasteiger partial charge in [-0.2, -0.15) is 0 Å². The van der Waals surface area contributed by atoms with Crippen LogP contribution in [0.2, 0.25) is 0 Å². The SMILES string of the molecule is COC(=O)[C@H](CNC(=O)OC(C)(C)C)Cc1ccccc1. The maximum atomic E-state index is 11.8. The summed E-state index contributed by atoms with van der Waals surface area (Å²) in [6.07, 6.45) is -0.0342. The van der Waals surface area contributed by atoms with E-state index in [2.05, 4.69) is 5.32 Å². The number of hydrogen-bond donors (Lipinski definition) is 1. The van der Waals surface area contributed by atoms with Gasteiger partial charge in [-0.1, -0.05) is 30.3 Å². The molecule has 0 aliphatic heterocycles. The number of esters is 1. The molecule has 5 heteroatoms. The molecular formula is C16H23NO4. The number of benzene rings is 1. The maximum Gasteiger partial charge on any atom is 0.407 e. The smallest absolute Gasteiger partial charge is 0.407 e. The summed E-state index contributed by atoms with van der Waals surface area (Å²) >= 11 is 0. The van der Waals surface area contributed by atoms with Crippen LogP contribution in [-0.2, 0) is 20.7 Å². The Hall–Kier alpha value is -2.04. The van der Waals surface area contributed by atoms with Crippen LogP contribution in [0.5, 0.6) is 0 Å². The van der Waals surface area contributed by atoms with Crippen molar-refractivity contribution in [2.24, 2.45) is 5.92 Å². The minimum atomic E-state index is -0.565. The highest BCUT2D eigenvalue weighted by atomic mass is 16.6. The second-order valence-electron chi connectivity index (χ2n) is 5.79. The summed E-state index contributed by atoms with van der Waals surface area (Å²) < 4.78 is 9.94. The first-order valence-electron chi connectivity index (χ1n) is 6.90. The van der Waals surface area contributed by atoms with Gasteiger partial charge in [0.2, 0.25) is 0 Å². The van der Waals surface area contributed by atoms with Crippen LogP contribution in [0.3, 0.4) is 0 Å². The molecule has 0 aliphatic rings. The Morgan fingerprint density at radius 3 is 2.33 bits per heavy atom. The van der Waals surface area contributed by atoms with Gasteiger partial charge in [-0.15, -0.1) is 0 Å². The van der Waals surface area contributed by atoms with Gasteiger partial charge in [-0.05, 0) is 32.8 Å². The molecule has 0 fully saturated rings. The topological polar surface area (TPSA) is 64.6 Å². The molecule has 1 aromatic carbocycles. The fourth-order valence-electron chi connectivity index (χ4n) is 1.82. The second-order valence-corrected chi connectivity index (χ2v) is 5.79. The van der Waals surface area contributed by atoms with Gasteiger partial charge in [0.25, 0.3) is 0 Å². The van der Waals surface area contributed by atoms with Crippen molar-refractivity contribution in [2.75, 3.05) is 13.7 Å². The predicted octanol–water partition coefficient (Wildman–Crippen LogP) is 2.54. The molecule has 1 atom stereocenters. The Balaban J connectivity index is 2.59. The molecule has 0 aliphatic carbocycles. The zero-order valence-electron chi connectivity index (χ0n) is 13.0. The molecule has 21 heavy (non-hydrogen) atoms. The summed E-state index contributed by atoms with van der Waals surface area (Å²) in [7, 11) is 1.34. The van der Waals surface area contributed by atoms with Crippen LogP contribution < -0.4 is 5.32 Å². The number of ether oxygens (including phenoxy) is 2. The standard InChI is InChI=1S/C16H23NO4/c1-16(2,3)21-15(19)17-11-13(14(18)20-4)10-12-8-6-5-7-9-12/h5-9,13H,10-11H2,1-4H3,(H,17,19)/t13-/m0/s1. The molecule has 5 nitrogen and oxygen atoms in total. The van der Waals surface area contributed by atoms with E-state index < -0.39 is 17.6 Å². The summed E-state index contributed by atoms with van der Waals surface area (Å²) in [5.74, 6) is -0.792. The van der Waals surface area contributed by atoms with Crippen LogP contribution in [0.4, 0.5) is 4.79 Å². The number of hydrogen-bond acceptors (Lipinski definition) is 4. The summed E-state index contributed by atoms with van der Waals surface area (Å²) in [4.78, 5) is 23.4. The van der Waals surface area contributed by atoms with E-state index >= 15 is 0 Å². The van der Waals surface area contributed by atoms with Crippen molar-refractivity contribution in [2.45, 2.75) is 32.8 Å². The van der Waals surface area contributed by atoms with E-state index in [1.165, 1.54) is 7.11 Å². The number of alkyl carbamates (subject to hydrolysis) is 1. The zero-order valence-corrected chi connectivity index (χ0v) is 13.0. The zero-order chi connectivity index (χ0) is 15.9. The van der Waals surface area contributed by atoms with E-state index in [9.17, 15) is 9.59 Å². The van der Waals surface area contributed by atoms with Gasteiger partial charge >= 0.3 is 12.1 Å². The molecule has 0 aromatic heterocycles. The number of amides is 1. The molecular weight excluding hydrogens is 270 g/mol. The highest BCUT2D eigenvalue weighted by Crippen LogP contribution is 2.11. The Bertz CT molecular complexity index is 465. The minimum absolute atomic E-state index is 0.177. The molecule has 0 heterocycles. The van der Waals surface area contributed by atoms with Gasteiger partial charge in [0.1, 0.15) is 5.60 Å². The van der Waals surface area contributed by atoms with Gasteiger partial charge in [0.05, 0.1) is 13.0 Å². The van der Waals surface area contributed by atoms with Crippen molar-refractivity contribution in [3.63, 3.8) is 0 Å². The number of methoxy groups -OCH3 is 1. The molecule has 0 unspecified atom stereocenters. The fraction of sp³-hybridized carbons (Fsp3) is 0.500. The molecule has 116 valence electrons. The van der Waals surface area contributed by atoms with Crippen LogP contribution in [-0.4, -0.2) is 31.3 Å². The Morgan fingerprint density at radius 1 is 1.19 bits per heavy atom. The largest absolute Gasteiger partial charge is 0.469 e. The van der Waals surface area contributed by atoms with E-state index in [1.54, 1.807) is 20.8 Å². The first-order chi connectivity index (χ1) is 9.81. The molecule has 0 saturated carbocycles. The lowest BCUT2D eigenvalue weighted by molar-refractivity contribution is -0.145. The summed E-state index contributed by atoms with van der Waals surface area (Å²) in [5, 5.41) is 2.61. The second kappa shape index (κ2) is 7.67. The third-order valence-electron chi connectivity index (χ3n) is 2.75. The van der Waals surface area contributed by atoms with E-state index in [1.807, 2.05) is 30.3 Å². The van der Waals surface area contributed by atoms with Crippen molar-refractivity contribution in [1.29, 1.82) is 0 Å². The van der Waals surface area contributed by atoms with E-state index in [0.717, 1.165) is 5.56 Å². The molecule has 0 saturated heterocycles. The van der Waals surface area contributed by atoms with Crippen LogP contribution in [0.15, 0.2) is 30.3 Å². The molecule has 0 bridgehead atoms. The minimum Gasteiger partial charge on any atom is -0.469 e. The van der Waals surface area contributed by atoms with Crippen molar-refractivity contribution in [1.82, 2.24) is 5.32 Å². The number of carbonyl (C=O) groups excluding carboxylic acids is 2. The Kier molecular flexibility index (Phi) is 6.21. The van der Waals surface area contributed by atoms with Crippen molar-refractivity contribution in [3.05, 3.63) is 35.9 Å². The molecule has 1 amide bonds. The van der Waals surface area contributed by atoms with Crippen molar-refractivity contribution in [3.8, 4) is 0 Å².